The van der Waals surface area contributed by atoms with Crippen LogP contribution in [0.4, 0.5) is 0 Å². The van der Waals surface area contributed by atoms with Crippen molar-refractivity contribution in [1.29, 1.82) is 0 Å². The second kappa shape index (κ2) is 7.79. The molecule has 1 unspecified atom stereocenters. The van der Waals surface area contributed by atoms with Gasteiger partial charge in [-0.1, -0.05) is 91.9 Å². The van der Waals surface area contributed by atoms with Crippen LogP contribution in [0.15, 0.2) is 84.9 Å². The molecular formula is C21H21O3P. The van der Waals surface area contributed by atoms with Gasteiger partial charge in [0.15, 0.2) is 5.60 Å². The minimum atomic E-state index is -3.21. The lowest BCUT2D eigenvalue weighted by Crippen LogP contribution is -2.32. The summed E-state index contributed by atoms with van der Waals surface area (Å²) in [5.74, 6) is 0. The Morgan fingerprint density at radius 2 is 1.32 bits per heavy atom. The van der Waals surface area contributed by atoms with Crippen molar-refractivity contribution in [2.45, 2.75) is 18.9 Å². The molecule has 3 rings (SSSR count). The fraction of sp³-hybridized carbons (Fsp3) is 0.143. The molecule has 0 aromatic heterocycles. The summed E-state index contributed by atoms with van der Waals surface area (Å²) >= 11 is 0. The van der Waals surface area contributed by atoms with Gasteiger partial charge in [-0.25, -0.2) is 0 Å². The Balaban J connectivity index is 2.39. The highest BCUT2D eigenvalue weighted by Crippen LogP contribution is 2.46. The summed E-state index contributed by atoms with van der Waals surface area (Å²) in [4.78, 5) is 9.76. The predicted molar refractivity (Wildman–Crippen MR) is 101 cm³/mol. The van der Waals surface area contributed by atoms with E-state index < -0.39 is 13.9 Å². The largest absolute Gasteiger partial charge is 0.326 e. The van der Waals surface area contributed by atoms with Gasteiger partial charge in [-0.05, 0) is 28.7 Å². The van der Waals surface area contributed by atoms with Crippen molar-refractivity contribution in [2.24, 2.45) is 0 Å². The molecule has 128 valence electrons. The third kappa shape index (κ3) is 3.45. The lowest BCUT2D eigenvalue weighted by molar-refractivity contribution is 0.144. The molecule has 3 aromatic carbocycles. The van der Waals surface area contributed by atoms with E-state index in [0.717, 1.165) is 28.7 Å². The second-order valence-corrected chi connectivity index (χ2v) is 6.53. The molecule has 25 heavy (non-hydrogen) atoms. The molecular weight excluding hydrogens is 331 g/mol. The molecule has 3 nitrogen and oxygen atoms in total. The summed E-state index contributed by atoms with van der Waals surface area (Å²) in [6.07, 6.45) is 0.799. The van der Waals surface area contributed by atoms with Crippen molar-refractivity contribution in [3.05, 3.63) is 107 Å². The molecule has 0 aliphatic carbocycles. The van der Waals surface area contributed by atoms with E-state index in [-0.39, 0.29) is 0 Å². The van der Waals surface area contributed by atoms with E-state index in [4.69, 9.17) is 4.52 Å². The Bertz CT molecular complexity index is 808. The van der Waals surface area contributed by atoms with Crippen LogP contribution in [0.3, 0.4) is 0 Å². The molecule has 0 amide bonds. The van der Waals surface area contributed by atoms with Crippen LogP contribution in [0.25, 0.3) is 0 Å². The maximum atomic E-state index is 11.9. The Kier molecular flexibility index (Phi) is 5.50. The smallest absolute Gasteiger partial charge is 0.318 e. The first-order valence-corrected chi connectivity index (χ1v) is 9.56. The Morgan fingerprint density at radius 3 is 1.80 bits per heavy atom. The van der Waals surface area contributed by atoms with Crippen LogP contribution >= 0.6 is 8.25 Å². The summed E-state index contributed by atoms with van der Waals surface area (Å²) < 4.78 is 17.7. The maximum absolute atomic E-state index is 11.9. The summed E-state index contributed by atoms with van der Waals surface area (Å²) in [5, 5.41) is 0. The van der Waals surface area contributed by atoms with E-state index in [1.165, 1.54) is 0 Å². The minimum absolute atomic E-state index is 0.799. The predicted octanol–water partition coefficient (Wildman–Crippen LogP) is 4.94. The SMILES string of the molecule is CCc1ccccc1C(O[PH](=O)O)(c1ccccc1)c1ccccc1. The average Bonchev–Trinajstić information content (AvgIpc) is 2.67. The van der Waals surface area contributed by atoms with Crippen molar-refractivity contribution >= 4 is 8.25 Å². The van der Waals surface area contributed by atoms with Crippen LogP contribution in [0.1, 0.15) is 29.2 Å². The van der Waals surface area contributed by atoms with Crippen LogP contribution in [0.5, 0.6) is 0 Å². The van der Waals surface area contributed by atoms with E-state index in [1.807, 2.05) is 84.9 Å². The topological polar surface area (TPSA) is 46.5 Å². The molecule has 0 saturated carbocycles. The normalized spacial score (nSPS) is 12.7. The molecule has 0 aliphatic heterocycles. The molecule has 0 saturated heterocycles. The fourth-order valence-corrected chi connectivity index (χ4v) is 3.91. The molecule has 1 N–H and O–H groups in total. The monoisotopic (exact) mass is 352 g/mol. The van der Waals surface area contributed by atoms with Gasteiger partial charge in [-0.2, -0.15) is 0 Å². The van der Waals surface area contributed by atoms with Crippen LogP contribution in [0.2, 0.25) is 0 Å². The van der Waals surface area contributed by atoms with Gasteiger partial charge >= 0.3 is 8.25 Å². The molecule has 0 aliphatic rings. The van der Waals surface area contributed by atoms with Crippen molar-refractivity contribution < 1.29 is 14.0 Å². The molecule has 0 radical (unpaired) electrons. The molecule has 0 bridgehead atoms. The first-order chi connectivity index (χ1) is 12.2. The molecule has 0 heterocycles. The zero-order chi connectivity index (χ0) is 17.7. The minimum Gasteiger partial charge on any atom is -0.326 e. The molecule has 1 atom stereocenters. The number of rotatable bonds is 6. The summed E-state index contributed by atoms with van der Waals surface area (Å²) in [6, 6.07) is 27.2. The van der Waals surface area contributed by atoms with Crippen LogP contribution in [-0.2, 0) is 21.1 Å². The summed E-state index contributed by atoms with van der Waals surface area (Å²) in [6.45, 7) is 2.07. The zero-order valence-corrected chi connectivity index (χ0v) is 15.1. The van der Waals surface area contributed by atoms with Gasteiger partial charge in [0.05, 0.1) is 0 Å². The number of aryl methyl sites for hydroxylation is 1. The Hall–Kier alpha value is -2.19. The van der Waals surface area contributed by atoms with Gasteiger partial charge in [-0.3, -0.25) is 9.09 Å². The standard InChI is InChI=1S/C21H21O3P/c1-2-17-11-9-10-16-20(17)21(24-25(22)23,18-12-5-3-6-13-18)19-14-7-4-8-15-19/h3-16,25H,2H2,1H3,(H,22,23). The van der Waals surface area contributed by atoms with Gasteiger partial charge in [0.2, 0.25) is 0 Å². The second-order valence-electron chi connectivity index (χ2n) is 5.79. The fourth-order valence-electron chi connectivity index (χ4n) is 3.30. The van der Waals surface area contributed by atoms with Gasteiger partial charge in [0.25, 0.3) is 0 Å². The van der Waals surface area contributed by atoms with Crippen LogP contribution in [0, 0.1) is 0 Å². The lowest BCUT2D eigenvalue weighted by Gasteiger charge is -2.35. The van der Waals surface area contributed by atoms with Gasteiger partial charge in [0.1, 0.15) is 0 Å². The third-order valence-electron chi connectivity index (χ3n) is 4.38. The van der Waals surface area contributed by atoms with E-state index in [0.29, 0.717) is 0 Å². The van der Waals surface area contributed by atoms with Gasteiger partial charge in [-0.15, -0.1) is 0 Å². The maximum Gasteiger partial charge on any atom is 0.318 e. The van der Waals surface area contributed by atoms with Crippen LogP contribution in [-0.4, -0.2) is 4.89 Å². The number of hydrogen-bond acceptors (Lipinski definition) is 2. The van der Waals surface area contributed by atoms with Gasteiger partial charge < -0.3 is 4.89 Å². The van der Waals surface area contributed by atoms with E-state index in [1.54, 1.807) is 0 Å². The van der Waals surface area contributed by atoms with Crippen molar-refractivity contribution in [1.82, 2.24) is 0 Å². The molecule has 0 fully saturated rings. The summed E-state index contributed by atoms with van der Waals surface area (Å²) in [5.41, 5.74) is 2.50. The Morgan fingerprint density at radius 1 is 0.840 bits per heavy atom. The molecule has 0 spiro atoms. The Labute approximate surface area is 148 Å². The first kappa shape index (κ1) is 17.6. The average molecular weight is 352 g/mol. The zero-order valence-electron chi connectivity index (χ0n) is 14.1. The van der Waals surface area contributed by atoms with E-state index >= 15 is 0 Å². The third-order valence-corrected chi connectivity index (χ3v) is 4.86. The first-order valence-electron chi connectivity index (χ1n) is 8.30. The van der Waals surface area contributed by atoms with Crippen molar-refractivity contribution in [3.8, 4) is 0 Å². The molecule has 4 heteroatoms. The van der Waals surface area contributed by atoms with Crippen molar-refractivity contribution in [3.63, 3.8) is 0 Å². The highest BCUT2D eigenvalue weighted by molar-refractivity contribution is 7.32. The number of hydrogen-bond donors (Lipinski definition) is 1. The summed E-state index contributed by atoms with van der Waals surface area (Å²) in [7, 11) is -3.21. The van der Waals surface area contributed by atoms with E-state index in [9.17, 15) is 9.46 Å². The lowest BCUT2D eigenvalue weighted by atomic mass is 9.78. The highest BCUT2D eigenvalue weighted by Gasteiger charge is 2.40. The van der Waals surface area contributed by atoms with E-state index in [2.05, 4.69) is 6.92 Å². The quantitative estimate of drug-likeness (QED) is 0.505. The number of benzene rings is 3. The van der Waals surface area contributed by atoms with Crippen LogP contribution < -0.4 is 0 Å². The van der Waals surface area contributed by atoms with Gasteiger partial charge in [0, 0.05) is 0 Å². The van der Waals surface area contributed by atoms with Crippen molar-refractivity contribution in [2.75, 3.05) is 0 Å². The highest BCUT2D eigenvalue weighted by atomic mass is 31.1. The molecule has 3 aromatic rings.